The van der Waals surface area contributed by atoms with Crippen LogP contribution in [0.3, 0.4) is 0 Å². The van der Waals surface area contributed by atoms with E-state index in [-0.39, 0.29) is 26.0 Å². The first-order chi connectivity index (χ1) is 26.6. The van der Waals surface area contributed by atoms with Gasteiger partial charge in [0, 0.05) is 40.1 Å². The van der Waals surface area contributed by atoms with Gasteiger partial charge in [-0.15, -0.1) is 54.1 Å². The van der Waals surface area contributed by atoms with E-state index >= 15 is 0 Å². The van der Waals surface area contributed by atoms with Crippen LogP contribution in [0.2, 0.25) is 19.6 Å². The van der Waals surface area contributed by atoms with Crippen LogP contribution >= 0.6 is 0 Å². The molecule has 0 aliphatic carbocycles. The Labute approximate surface area is 334 Å². The topological polar surface area (TPSA) is 43.9 Å². The van der Waals surface area contributed by atoms with Gasteiger partial charge in [-0.25, -0.2) is 0 Å². The van der Waals surface area contributed by atoms with E-state index in [1.165, 1.54) is 0 Å². The van der Waals surface area contributed by atoms with Crippen molar-refractivity contribution in [3.05, 3.63) is 181 Å². The van der Waals surface area contributed by atoms with Crippen molar-refractivity contribution in [3.8, 4) is 28.3 Å². The summed E-state index contributed by atoms with van der Waals surface area (Å²) in [5.74, 6) is 0.570. The van der Waals surface area contributed by atoms with Gasteiger partial charge in [0.25, 0.3) is 0 Å². The maximum absolute atomic E-state index is 9.04. The second-order valence-corrected chi connectivity index (χ2v) is 19.2. The fourth-order valence-electron chi connectivity index (χ4n) is 6.82. The first kappa shape index (κ1) is 34.4. The molecule has 0 N–H and O–H groups in total. The van der Waals surface area contributed by atoms with Crippen LogP contribution in [0, 0.1) is 12.1 Å². The van der Waals surface area contributed by atoms with Crippen molar-refractivity contribution >= 4 is 46.2 Å². The van der Waals surface area contributed by atoms with Gasteiger partial charge in [0.2, 0.25) is 0 Å². The molecule has 9 rings (SSSR count). The van der Waals surface area contributed by atoms with E-state index in [1.54, 1.807) is 0 Å². The van der Waals surface area contributed by atoms with Crippen molar-refractivity contribution in [1.82, 2.24) is 14.5 Å². The molecule has 9 aromatic rings. The Morgan fingerprint density at radius 1 is 0.759 bits per heavy atom. The summed E-state index contributed by atoms with van der Waals surface area (Å²) in [4.78, 5) is 9.61. The third kappa shape index (κ3) is 7.51. The summed E-state index contributed by atoms with van der Waals surface area (Å²) in [6, 6.07) is 56.8. The molecule has 6 aromatic carbocycles. The van der Waals surface area contributed by atoms with E-state index in [0.717, 1.165) is 77.6 Å². The van der Waals surface area contributed by atoms with Crippen molar-refractivity contribution in [2.45, 2.75) is 38.9 Å². The van der Waals surface area contributed by atoms with Gasteiger partial charge in [-0.1, -0.05) is 128 Å². The zero-order valence-corrected chi connectivity index (χ0v) is 34.1. The Balaban J connectivity index is 0.000000169. The zero-order chi connectivity index (χ0) is 38.2. The molecule has 1 radical (unpaired) electrons. The number of benzene rings is 6. The van der Waals surface area contributed by atoms with Gasteiger partial charge < -0.3 is 14.0 Å². The van der Waals surface area contributed by atoms with Crippen molar-refractivity contribution in [3.63, 3.8) is 0 Å². The Kier molecular flexibility index (Phi) is 10.1. The molecule has 1 unspecified atom stereocenters. The van der Waals surface area contributed by atoms with E-state index in [9.17, 15) is 0 Å². The normalized spacial score (nSPS) is 12.7. The second kappa shape index (κ2) is 15.9. The predicted octanol–water partition coefficient (Wildman–Crippen LogP) is 11.8. The van der Waals surface area contributed by atoms with E-state index in [2.05, 4.69) is 71.7 Å². The molecule has 1 atom stereocenters. The fourth-order valence-corrected chi connectivity index (χ4v) is 8.22. The number of furan rings is 1. The minimum Gasteiger partial charge on any atom is -0.501 e. The number of hydrogen-bond donors (Lipinski definition) is 0. The summed E-state index contributed by atoms with van der Waals surface area (Å²) in [7, 11) is -1.77. The Morgan fingerprint density at radius 3 is 2.22 bits per heavy atom. The molecule has 4 nitrogen and oxygen atoms in total. The van der Waals surface area contributed by atoms with Gasteiger partial charge in [-0.2, -0.15) is 0 Å². The van der Waals surface area contributed by atoms with Crippen LogP contribution in [-0.2, 0) is 26.5 Å². The number of pyridine rings is 1. The maximum atomic E-state index is 9.04. The van der Waals surface area contributed by atoms with E-state index in [1.807, 2.05) is 134 Å². The summed E-state index contributed by atoms with van der Waals surface area (Å²) in [5, 5.41) is 3.26. The monoisotopic (exact) mass is 898 g/mol. The number of para-hydroxylation sites is 4. The van der Waals surface area contributed by atoms with Crippen LogP contribution < -0.4 is 5.19 Å². The molecule has 0 spiro atoms. The molecule has 0 aliphatic heterocycles. The first-order valence-corrected chi connectivity index (χ1v) is 21.5. The maximum Gasteiger partial charge on any atom is 0.120 e. The van der Waals surface area contributed by atoms with Crippen LogP contribution in [0.25, 0.3) is 61.3 Å². The van der Waals surface area contributed by atoms with Crippen molar-refractivity contribution in [2.24, 2.45) is 0 Å². The molecule has 3 aromatic heterocycles. The molecule has 0 saturated heterocycles. The molecule has 269 valence electrons. The van der Waals surface area contributed by atoms with E-state index in [4.69, 9.17) is 12.1 Å². The molecular formula is C48H41IrN3OSi-2. The van der Waals surface area contributed by atoms with Gasteiger partial charge in [-0.3, -0.25) is 4.98 Å². The van der Waals surface area contributed by atoms with E-state index in [0.29, 0.717) is 0 Å². The SMILES string of the molecule is [2H]C([2H])(c1cc(-c2[c-]cccc2)ncc1[Si](C)(C)C)C(C)c1ccccc1.[Ir].[c-]1ccc2c(oc3ccccc32)c1-c1nc2ccccc2n1-c1ccccc1. The Hall–Kier alpha value is -5.39. The molecule has 0 saturated carbocycles. The first-order valence-electron chi connectivity index (χ1n) is 19.0. The molecule has 0 aliphatic rings. The molecule has 0 bridgehead atoms. The van der Waals surface area contributed by atoms with Gasteiger partial charge >= 0.3 is 0 Å². The largest absolute Gasteiger partial charge is 0.501 e. The minimum atomic E-state index is -1.77. The average molecular weight is 898 g/mol. The zero-order valence-electron chi connectivity index (χ0n) is 32.7. The van der Waals surface area contributed by atoms with Gasteiger partial charge in [-0.05, 0) is 59.1 Å². The number of fused-ring (bicyclic) bond motifs is 4. The third-order valence-corrected chi connectivity index (χ3v) is 11.5. The molecule has 6 heteroatoms. The molecule has 0 fully saturated rings. The molecule has 0 amide bonds. The fraction of sp³-hybridized carbons (Fsp3) is 0.125. The van der Waals surface area contributed by atoms with Crippen LogP contribution in [0.1, 0.15) is 26.7 Å². The quantitative estimate of drug-likeness (QED) is 0.118. The number of hydrogen-bond acceptors (Lipinski definition) is 3. The summed E-state index contributed by atoms with van der Waals surface area (Å²) in [6.45, 7) is 8.69. The number of rotatable bonds is 7. The summed E-state index contributed by atoms with van der Waals surface area (Å²) in [5.41, 5.74) is 9.07. The van der Waals surface area contributed by atoms with E-state index < -0.39 is 14.4 Å². The van der Waals surface area contributed by atoms with Gasteiger partial charge in [0.05, 0.1) is 30.5 Å². The summed E-state index contributed by atoms with van der Waals surface area (Å²) >= 11 is 0. The Morgan fingerprint density at radius 2 is 1.46 bits per heavy atom. The predicted molar refractivity (Wildman–Crippen MR) is 223 cm³/mol. The summed E-state index contributed by atoms with van der Waals surface area (Å²) < 4.78 is 26.5. The number of nitrogens with zero attached hydrogens (tertiary/aromatic N) is 3. The number of imidazole rings is 1. The molecule has 54 heavy (non-hydrogen) atoms. The minimum absolute atomic E-state index is 0. The molecular weight excluding hydrogens is 855 g/mol. The standard InChI is InChI=1S/C25H15N2O.C23H26NSi.Ir/c1-2-9-17(10-3-1)27-22-15-6-5-14-21(22)26-25(27)20-13-8-12-19-18-11-4-7-16-23(18)28-24(19)20;1-18(19-11-7-5-8-12-19)15-21-16-22(20-13-9-6-10-14-20)24-17-23(21)25(2,3)4;/h1-12,14-16H;5-13,16-18H,15H2,1-4H3;/q2*-1;/i;15D2;. The Bertz CT molecular complexity index is 2740. The third-order valence-electron chi connectivity index (χ3n) is 9.51. The van der Waals surface area contributed by atoms with Crippen molar-refractivity contribution < 1.29 is 27.3 Å². The van der Waals surface area contributed by atoms with Crippen molar-refractivity contribution in [1.29, 1.82) is 0 Å². The van der Waals surface area contributed by atoms with Gasteiger partial charge in [0.1, 0.15) is 5.58 Å². The molecule has 3 heterocycles. The van der Waals surface area contributed by atoms with Crippen LogP contribution in [-0.4, -0.2) is 22.6 Å². The van der Waals surface area contributed by atoms with Crippen LogP contribution in [0.4, 0.5) is 0 Å². The van der Waals surface area contributed by atoms with Crippen molar-refractivity contribution in [2.75, 3.05) is 0 Å². The second-order valence-electron chi connectivity index (χ2n) is 14.2. The van der Waals surface area contributed by atoms with Crippen LogP contribution in [0.15, 0.2) is 162 Å². The van der Waals surface area contributed by atoms with Gasteiger partial charge in [0.15, 0.2) is 0 Å². The average Bonchev–Trinajstić information content (AvgIpc) is 3.80. The summed E-state index contributed by atoms with van der Waals surface area (Å²) in [6.07, 6.45) is 0.400. The number of aromatic nitrogens is 3. The smallest absolute Gasteiger partial charge is 0.120 e. The van der Waals surface area contributed by atoms with Crippen LogP contribution in [0.5, 0.6) is 0 Å².